The van der Waals surface area contributed by atoms with Crippen LogP contribution in [-0.2, 0) is 0 Å². The quantitative estimate of drug-likeness (QED) is 0.575. The van der Waals surface area contributed by atoms with Crippen LogP contribution in [0.3, 0.4) is 0 Å². The molecule has 0 radical (unpaired) electrons. The van der Waals surface area contributed by atoms with Crippen molar-refractivity contribution in [2.45, 2.75) is 103 Å². The van der Waals surface area contributed by atoms with Crippen molar-refractivity contribution >= 4 is 0 Å². The van der Waals surface area contributed by atoms with Crippen molar-refractivity contribution in [1.29, 1.82) is 0 Å². The summed E-state index contributed by atoms with van der Waals surface area (Å²) in [5.41, 5.74) is -1.38. The molecule has 0 amide bonds. The first kappa shape index (κ1) is 19.2. The molecule has 4 saturated carbocycles. The molecule has 0 aromatic rings. The van der Waals surface area contributed by atoms with Crippen LogP contribution in [0.4, 0.5) is 0 Å². The number of rotatable bonds is 1. The maximum atomic E-state index is 11.4. The van der Waals surface area contributed by atoms with E-state index in [0.717, 1.165) is 38.5 Å². The predicted molar refractivity (Wildman–Crippen MR) is 100 cm³/mol. The molecule has 4 nitrogen and oxygen atoms in total. The minimum absolute atomic E-state index is 0.0431. The van der Waals surface area contributed by atoms with Gasteiger partial charge in [-0.2, -0.15) is 0 Å². The third-order valence-electron chi connectivity index (χ3n) is 10.2. The fourth-order valence-electron chi connectivity index (χ4n) is 8.44. The van der Waals surface area contributed by atoms with Crippen LogP contribution in [0.15, 0.2) is 0 Å². The van der Waals surface area contributed by atoms with Crippen LogP contribution in [0.5, 0.6) is 0 Å². The average molecular weight is 367 g/mol. The standard InChI is InChI=1S/C22H38O4/c1-13(23)22(26)10-7-16-15-6-8-19(2)11-14(24)5-9-20(19,3)18(15)17(25)12-21(16,22)4/h13-18,23-26H,5-12H2,1-4H3/t13-,14-,15+,16+,17+,18-,19+,20-,21+,22+/m1/s1. The molecule has 0 aliphatic heterocycles. The van der Waals surface area contributed by atoms with Gasteiger partial charge in [-0.1, -0.05) is 20.8 Å². The van der Waals surface area contributed by atoms with E-state index in [0.29, 0.717) is 24.7 Å². The molecule has 0 bridgehead atoms. The molecule has 4 rings (SSSR count). The van der Waals surface area contributed by atoms with Gasteiger partial charge in [0.15, 0.2) is 0 Å². The van der Waals surface area contributed by atoms with Gasteiger partial charge < -0.3 is 20.4 Å². The minimum atomic E-state index is -1.09. The molecule has 4 heteroatoms. The topological polar surface area (TPSA) is 80.9 Å². The van der Waals surface area contributed by atoms with Gasteiger partial charge >= 0.3 is 0 Å². The lowest BCUT2D eigenvalue weighted by Crippen LogP contribution is -2.65. The summed E-state index contributed by atoms with van der Waals surface area (Å²) < 4.78 is 0. The molecule has 0 saturated heterocycles. The molecule has 4 aliphatic rings. The summed E-state index contributed by atoms with van der Waals surface area (Å²) in [5.74, 6) is 1.01. The molecule has 10 atom stereocenters. The van der Waals surface area contributed by atoms with Crippen molar-refractivity contribution in [3.8, 4) is 0 Å². The van der Waals surface area contributed by atoms with Gasteiger partial charge in [0.2, 0.25) is 0 Å². The molecule has 150 valence electrons. The van der Waals surface area contributed by atoms with Gasteiger partial charge in [-0.25, -0.2) is 0 Å². The van der Waals surface area contributed by atoms with E-state index in [2.05, 4.69) is 20.8 Å². The Kier molecular flexibility index (Phi) is 4.19. The van der Waals surface area contributed by atoms with Crippen molar-refractivity contribution in [2.24, 2.45) is 34.0 Å². The lowest BCUT2D eigenvalue weighted by atomic mass is 9.39. The van der Waals surface area contributed by atoms with Crippen LogP contribution in [0.2, 0.25) is 0 Å². The second-order valence-electron chi connectivity index (χ2n) is 11.0. The Hall–Kier alpha value is -0.160. The summed E-state index contributed by atoms with van der Waals surface area (Å²) in [4.78, 5) is 0. The van der Waals surface area contributed by atoms with Crippen LogP contribution in [0, 0.1) is 34.0 Å². The van der Waals surface area contributed by atoms with Crippen LogP contribution in [-0.4, -0.2) is 44.3 Å². The van der Waals surface area contributed by atoms with E-state index >= 15 is 0 Å². The fraction of sp³-hybridized carbons (Fsp3) is 1.00. The van der Waals surface area contributed by atoms with E-state index in [9.17, 15) is 20.4 Å². The van der Waals surface area contributed by atoms with Gasteiger partial charge in [0.25, 0.3) is 0 Å². The zero-order valence-electron chi connectivity index (χ0n) is 16.9. The van der Waals surface area contributed by atoms with Crippen molar-refractivity contribution < 1.29 is 20.4 Å². The van der Waals surface area contributed by atoms with Crippen LogP contribution in [0.25, 0.3) is 0 Å². The zero-order valence-corrected chi connectivity index (χ0v) is 16.9. The predicted octanol–water partition coefficient (Wildman–Crippen LogP) is 2.86. The molecule has 0 aromatic carbocycles. The Bertz CT molecular complexity index is 578. The normalized spacial score (nSPS) is 60.7. The van der Waals surface area contributed by atoms with Gasteiger partial charge in [0, 0.05) is 5.41 Å². The first-order valence-corrected chi connectivity index (χ1v) is 10.8. The fourth-order valence-corrected chi connectivity index (χ4v) is 8.44. The Morgan fingerprint density at radius 3 is 2.23 bits per heavy atom. The number of fused-ring (bicyclic) bond motifs is 5. The molecule has 0 unspecified atom stereocenters. The number of aliphatic hydroxyl groups excluding tert-OH is 3. The second-order valence-corrected chi connectivity index (χ2v) is 11.0. The first-order chi connectivity index (χ1) is 12.0. The Balaban J connectivity index is 1.72. The highest BCUT2D eigenvalue weighted by Crippen LogP contribution is 2.71. The van der Waals surface area contributed by atoms with E-state index in [-0.39, 0.29) is 22.9 Å². The highest BCUT2D eigenvalue weighted by Gasteiger charge is 2.69. The van der Waals surface area contributed by atoms with Crippen molar-refractivity contribution in [3.63, 3.8) is 0 Å². The number of hydrogen-bond acceptors (Lipinski definition) is 4. The second kappa shape index (κ2) is 5.68. The zero-order chi connectivity index (χ0) is 19.1. The molecule has 4 fully saturated rings. The summed E-state index contributed by atoms with van der Waals surface area (Å²) in [5, 5.41) is 43.3. The molecule has 4 aliphatic carbocycles. The monoisotopic (exact) mass is 366 g/mol. The SMILES string of the molecule is C[C@@H](O)[C@@]1(O)CC[C@H]2[C@@H]3CC[C@@]4(C)C[C@H](O)CC[C@]4(C)[C@H]3[C@@H](O)C[C@@]21C. The van der Waals surface area contributed by atoms with E-state index in [1.54, 1.807) is 6.92 Å². The molecule has 0 heterocycles. The Morgan fingerprint density at radius 2 is 1.58 bits per heavy atom. The third-order valence-corrected chi connectivity index (χ3v) is 10.2. The lowest BCUT2D eigenvalue weighted by molar-refractivity contribution is -0.235. The number of aliphatic hydroxyl groups is 4. The van der Waals surface area contributed by atoms with Gasteiger partial charge in [-0.15, -0.1) is 0 Å². The first-order valence-electron chi connectivity index (χ1n) is 10.8. The van der Waals surface area contributed by atoms with Crippen molar-refractivity contribution in [2.75, 3.05) is 0 Å². The summed E-state index contributed by atoms with van der Waals surface area (Å²) in [6.45, 7) is 8.50. The molecule has 26 heavy (non-hydrogen) atoms. The summed E-state index contributed by atoms with van der Waals surface area (Å²) in [6.07, 6.45) is 5.56. The maximum Gasteiger partial charge on any atom is 0.0959 e. The van der Waals surface area contributed by atoms with Crippen LogP contribution < -0.4 is 0 Å². The van der Waals surface area contributed by atoms with E-state index < -0.39 is 23.2 Å². The summed E-state index contributed by atoms with van der Waals surface area (Å²) >= 11 is 0. The van der Waals surface area contributed by atoms with E-state index in [1.807, 2.05) is 0 Å². The lowest BCUT2D eigenvalue weighted by Gasteiger charge is -2.66. The molecule has 0 spiro atoms. The minimum Gasteiger partial charge on any atom is -0.393 e. The van der Waals surface area contributed by atoms with E-state index in [4.69, 9.17) is 0 Å². The van der Waals surface area contributed by atoms with Crippen LogP contribution in [0.1, 0.15) is 79.1 Å². The Morgan fingerprint density at radius 1 is 0.885 bits per heavy atom. The van der Waals surface area contributed by atoms with Gasteiger partial charge in [-0.3, -0.25) is 0 Å². The van der Waals surface area contributed by atoms with Crippen molar-refractivity contribution in [1.82, 2.24) is 0 Å². The molecular formula is C22H38O4. The molecule has 4 N–H and O–H groups in total. The number of hydrogen-bond donors (Lipinski definition) is 4. The van der Waals surface area contributed by atoms with Crippen molar-refractivity contribution in [3.05, 3.63) is 0 Å². The third kappa shape index (κ3) is 2.16. The van der Waals surface area contributed by atoms with E-state index in [1.165, 1.54) is 0 Å². The Labute approximate surface area is 158 Å². The largest absolute Gasteiger partial charge is 0.393 e. The molecule has 0 aromatic heterocycles. The summed E-state index contributed by atoms with van der Waals surface area (Å²) in [7, 11) is 0. The molecular weight excluding hydrogens is 328 g/mol. The highest BCUT2D eigenvalue weighted by molar-refractivity contribution is 5.18. The maximum absolute atomic E-state index is 11.4. The van der Waals surface area contributed by atoms with Crippen LogP contribution >= 0.6 is 0 Å². The summed E-state index contributed by atoms with van der Waals surface area (Å²) in [6, 6.07) is 0. The van der Waals surface area contributed by atoms with Gasteiger partial charge in [0.1, 0.15) is 0 Å². The van der Waals surface area contributed by atoms with Gasteiger partial charge in [0.05, 0.1) is 23.9 Å². The van der Waals surface area contributed by atoms with Gasteiger partial charge in [-0.05, 0) is 86.9 Å². The average Bonchev–Trinajstić information content (AvgIpc) is 2.81. The smallest absolute Gasteiger partial charge is 0.0959 e. The highest BCUT2D eigenvalue weighted by atomic mass is 16.3.